The lowest BCUT2D eigenvalue weighted by atomic mass is 9.96. The van der Waals surface area contributed by atoms with Gasteiger partial charge in [0, 0.05) is 31.7 Å². The van der Waals surface area contributed by atoms with Gasteiger partial charge in [0.1, 0.15) is 11.3 Å². The Morgan fingerprint density at radius 2 is 1.97 bits per heavy atom. The van der Waals surface area contributed by atoms with Gasteiger partial charge in [0.05, 0.1) is 35.2 Å². The summed E-state index contributed by atoms with van der Waals surface area (Å²) in [6.45, 7) is 4.54. The van der Waals surface area contributed by atoms with Gasteiger partial charge < -0.3 is 28.8 Å². The van der Waals surface area contributed by atoms with E-state index in [1.807, 2.05) is 40.4 Å². The van der Waals surface area contributed by atoms with Gasteiger partial charge in [0.25, 0.3) is 11.7 Å². The number of Topliss-reactive ketones (excluding diaryl/α,β-unsaturated/α-hetero) is 1. The van der Waals surface area contributed by atoms with Crippen molar-refractivity contribution in [1.29, 1.82) is 0 Å². The second-order valence-electron chi connectivity index (χ2n) is 9.13. The molecule has 0 bridgehead atoms. The number of ether oxygens (including phenoxy) is 1. The molecule has 0 radical (unpaired) electrons. The van der Waals surface area contributed by atoms with Gasteiger partial charge in [-0.15, -0.1) is 0 Å². The van der Waals surface area contributed by atoms with Crippen LogP contribution in [0.2, 0.25) is 0 Å². The number of halogens is 1. The monoisotopic (exact) mass is 579 g/mol. The Hall–Kier alpha value is -4.12. The molecule has 38 heavy (non-hydrogen) atoms. The van der Waals surface area contributed by atoms with Gasteiger partial charge in [0.2, 0.25) is 0 Å². The number of nitrogens with zero attached hydrogens (tertiary/aromatic N) is 5. The fraction of sp³-hybridized carbons (Fsp3) is 0.259. The van der Waals surface area contributed by atoms with Crippen LogP contribution in [0.15, 0.2) is 59.2 Å². The lowest BCUT2D eigenvalue weighted by Gasteiger charge is -2.26. The largest absolute Gasteiger partial charge is 0.505 e. The third kappa shape index (κ3) is 4.22. The third-order valence-corrected chi connectivity index (χ3v) is 7.41. The number of phenolic OH excluding ortho intramolecular Hbond substituents is 1. The number of rotatable bonds is 7. The minimum atomic E-state index is -0.922. The highest BCUT2D eigenvalue weighted by molar-refractivity contribution is 9.10. The maximum atomic E-state index is 13.5. The number of amides is 1. The summed E-state index contributed by atoms with van der Waals surface area (Å²) in [5.41, 5.74) is 2.83. The van der Waals surface area contributed by atoms with Crippen molar-refractivity contribution in [3.05, 3.63) is 81.7 Å². The standard InChI is InChI=1S/C27H26BrN5O5/c1-15-6-4-9-32-16(2)21(30-26(15)32)24(35)20-22(17-12-18(28)23(34)19(13-17)38-3)33(27(37)25(20)36)10-5-8-31-11-7-29-14-31/h4,6-7,9,11-14,22,34-35H,5,8,10H2,1-3H3. The topological polar surface area (TPSA) is 122 Å². The van der Waals surface area contributed by atoms with E-state index in [0.29, 0.717) is 34.3 Å². The summed E-state index contributed by atoms with van der Waals surface area (Å²) in [6, 6.07) is 6.04. The fourth-order valence-corrected chi connectivity index (χ4v) is 5.34. The molecule has 0 spiro atoms. The summed E-state index contributed by atoms with van der Waals surface area (Å²) in [7, 11) is 1.41. The van der Waals surface area contributed by atoms with Crippen molar-refractivity contribution in [2.75, 3.05) is 13.7 Å². The highest BCUT2D eigenvalue weighted by atomic mass is 79.9. The predicted molar refractivity (Wildman–Crippen MR) is 143 cm³/mol. The Labute approximate surface area is 226 Å². The number of aliphatic hydroxyl groups excluding tert-OH is 1. The fourth-order valence-electron chi connectivity index (χ4n) is 4.88. The molecule has 1 aromatic carbocycles. The molecule has 1 saturated heterocycles. The van der Waals surface area contributed by atoms with Crippen molar-refractivity contribution in [3.63, 3.8) is 0 Å². The number of hydrogen-bond acceptors (Lipinski definition) is 7. The van der Waals surface area contributed by atoms with Gasteiger partial charge in [-0.2, -0.15) is 0 Å². The summed E-state index contributed by atoms with van der Waals surface area (Å²) >= 11 is 3.34. The average Bonchev–Trinajstić information content (AvgIpc) is 3.60. The SMILES string of the molecule is COc1cc(C2C(=C(O)c3nc4c(C)cccn4c3C)C(=O)C(=O)N2CCCn2ccnc2)cc(Br)c1O. The number of carbonyl (C=O) groups excluding carboxylic acids is 2. The Balaban J connectivity index is 1.65. The molecule has 10 nitrogen and oxygen atoms in total. The van der Waals surface area contributed by atoms with E-state index >= 15 is 0 Å². The number of aromatic nitrogens is 4. The second-order valence-corrected chi connectivity index (χ2v) is 9.99. The predicted octanol–water partition coefficient (Wildman–Crippen LogP) is 4.14. The number of imidazole rings is 2. The highest BCUT2D eigenvalue weighted by Crippen LogP contribution is 2.44. The van der Waals surface area contributed by atoms with E-state index in [-0.39, 0.29) is 35.1 Å². The minimum absolute atomic E-state index is 0.0681. The van der Waals surface area contributed by atoms with Crippen LogP contribution in [-0.4, -0.2) is 59.4 Å². The van der Waals surface area contributed by atoms with Crippen LogP contribution in [0.5, 0.6) is 11.5 Å². The maximum Gasteiger partial charge on any atom is 0.295 e. The summed E-state index contributed by atoms with van der Waals surface area (Å²) in [5.74, 6) is -1.82. The second kappa shape index (κ2) is 9.97. The molecule has 1 amide bonds. The lowest BCUT2D eigenvalue weighted by molar-refractivity contribution is -0.139. The minimum Gasteiger partial charge on any atom is -0.505 e. The molecule has 11 heteroatoms. The maximum absolute atomic E-state index is 13.5. The molecule has 196 valence electrons. The Kier molecular flexibility index (Phi) is 6.70. The van der Waals surface area contributed by atoms with Crippen LogP contribution >= 0.6 is 15.9 Å². The molecule has 1 atom stereocenters. The number of benzene rings is 1. The summed E-state index contributed by atoms with van der Waals surface area (Å²) < 4.78 is 9.37. The molecule has 1 unspecified atom stereocenters. The highest BCUT2D eigenvalue weighted by Gasteiger charge is 2.46. The lowest BCUT2D eigenvalue weighted by Crippen LogP contribution is -2.31. The van der Waals surface area contributed by atoms with E-state index in [2.05, 4.69) is 25.9 Å². The zero-order chi connectivity index (χ0) is 27.1. The molecule has 2 N–H and O–H groups in total. The van der Waals surface area contributed by atoms with E-state index < -0.39 is 17.7 Å². The average molecular weight is 580 g/mol. The molecule has 1 aliphatic rings. The summed E-state index contributed by atoms with van der Waals surface area (Å²) in [5, 5.41) is 21.9. The Bertz CT molecular complexity index is 1590. The van der Waals surface area contributed by atoms with E-state index in [0.717, 1.165) is 5.56 Å². The molecule has 0 aliphatic carbocycles. The van der Waals surface area contributed by atoms with Crippen LogP contribution in [0, 0.1) is 13.8 Å². The number of aliphatic hydroxyl groups is 1. The van der Waals surface area contributed by atoms with Crippen LogP contribution in [-0.2, 0) is 16.1 Å². The van der Waals surface area contributed by atoms with E-state index in [9.17, 15) is 19.8 Å². The molecular formula is C27H26BrN5O5. The number of methoxy groups -OCH3 is 1. The van der Waals surface area contributed by atoms with Crippen LogP contribution in [0.25, 0.3) is 11.4 Å². The van der Waals surface area contributed by atoms with Crippen molar-refractivity contribution < 1.29 is 24.5 Å². The van der Waals surface area contributed by atoms with Crippen LogP contribution in [0.3, 0.4) is 0 Å². The van der Waals surface area contributed by atoms with Crippen molar-refractivity contribution in [2.24, 2.45) is 0 Å². The molecule has 4 heterocycles. The number of pyridine rings is 1. The number of phenols is 1. The summed E-state index contributed by atoms with van der Waals surface area (Å²) in [4.78, 5) is 36.9. The Morgan fingerprint density at radius 3 is 2.66 bits per heavy atom. The molecule has 1 aliphatic heterocycles. The Morgan fingerprint density at radius 1 is 1.18 bits per heavy atom. The third-order valence-electron chi connectivity index (χ3n) is 6.81. The van der Waals surface area contributed by atoms with Gasteiger partial charge in [-0.05, 0) is 65.5 Å². The first-order valence-corrected chi connectivity index (χ1v) is 12.8. The molecule has 1 fully saturated rings. The van der Waals surface area contributed by atoms with Gasteiger partial charge in [-0.1, -0.05) is 6.07 Å². The zero-order valence-electron chi connectivity index (χ0n) is 21.1. The van der Waals surface area contributed by atoms with Gasteiger partial charge in [0.15, 0.2) is 17.3 Å². The first-order valence-electron chi connectivity index (χ1n) is 12.0. The van der Waals surface area contributed by atoms with Crippen molar-refractivity contribution in [3.8, 4) is 11.5 Å². The van der Waals surface area contributed by atoms with E-state index in [4.69, 9.17) is 4.74 Å². The van der Waals surface area contributed by atoms with Crippen LogP contribution < -0.4 is 4.74 Å². The number of hydrogen-bond donors (Lipinski definition) is 2. The van der Waals surface area contributed by atoms with E-state index in [1.54, 1.807) is 31.6 Å². The molecule has 0 saturated carbocycles. The molecule has 5 rings (SSSR count). The number of carbonyl (C=O) groups is 2. The smallest absolute Gasteiger partial charge is 0.295 e. The molecular weight excluding hydrogens is 554 g/mol. The van der Waals surface area contributed by atoms with Gasteiger partial charge >= 0.3 is 0 Å². The number of aromatic hydroxyl groups is 1. The van der Waals surface area contributed by atoms with E-state index in [1.165, 1.54) is 12.0 Å². The molecule has 4 aromatic rings. The van der Waals surface area contributed by atoms with Crippen molar-refractivity contribution in [2.45, 2.75) is 32.9 Å². The van der Waals surface area contributed by atoms with Gasteiger partial charge in [-0.3, -0.25) is 9.59 Å². The molecule has 3 aromatic heterocycles. The van der Waals surface area contributed by atoms with Gasteiger partial charge in [-0.25, -0.2) is 9.97 Å². The first-order chi connectivity index (χ1) is 18.2. The first kappa shape index (κ1) is 25.5. The van der Waals surface area contributed by atoms with Crippen molar-refractivity contribution in [1.82, 2.24) is 23.8 Å². The zero-order valence-corrected chi connectivity index (χ0v) is 22.6. The number of aryl methyl sites for hydroxylation is 3. The summed E-state index contributed by atoms with van der Waals surface area (Å²) in [6.07, 6.45) is 7.55. The van der Waals surface area contributed by atoms with Crippen LogP contribution in [0.1, 0.15) is 35.0 Å². The van der Waals surface area contributed by atoms with Crippen molar-refractivity contribution >= 4 is 39.0 Å². The van der Waals surface area contributed by atoms with Crippen LogP contribution in [0.4, 0.5) is 0 Å². The normalized spacial score (nSPS) is 17.1. The number of fused-ring (bicyclic) bond motifs is 1. The number of ketones is 1. The quantitative estimate of drug-likeness (QED) is 0.192. The number of likely N-dealkylation sites (tertiary alicyclic amines) is 1.